The molecule has 0 saturated heterocycles. The second-order valence-corrected chi connectivity index (χ2v) is 5.52. The van der Waals surface area contributed by atoms with Gasteiger partial charge < -0.3 is 10.1 Å². The van der Waals surface area contributed by atoms with E-state index in [4.69, 9.17) is 4.74 Å². The highest BCUT2D eigenvalue weighted by Crippen LogP contribution is 2.32. The Labute approximate surface area is 123 Å². The topological polar surface area (TPSA) is 47.0 Å². The highest BCUT2D eigenvalue weighted by Gasteiger charge is 2.19. The Morgan fingerprint density at radius 2 is 2.05 bits per heavy atom. The number of ether oxygens (including phenoxy) is 1. The van der Waals surface area contributed by atoms with Crippen molar-refractivity contribution in [2.75, 3.05) is 11.9 Å². The summed E-state index contributed by atoms with van der Waals surface area (Å²) in [7, 11) is 0. The van der Waals surface area contributed by atoms with E-state index in [0.717, 1.165) is 41.1 Å². The third-order valence-corrected chi connectivity index (χ3v) is 4.05. The number of anilines is 1. The molecule has 0 radical (unpaired) electrons. The van der Waals surface area contributed by atoms with Gasteiger partial charge >= 0.3 is 0 Å². The summed E-state index contributed by atoms with van der Waals surface area (Å²) in [5, 5.41) is 3.33. The number of nitrogens with zero attached hydrogens (tertiary/aromatic N) is 2. The Balaban J connectivity index is 1.78. The highest BCUT2D eigenvalue weighted by molar-refractivity contribution is 7.98. The Hall–Kier alpha value is -1.75. The summed E-state index contributed by atoms with van der Waals surface area (Å²) in [6, 6.07) is 9.77. The van der Waals surface area contributed by atoms with Gasteiger partial charge in [0.05, 0.1) is 5.69 Å². The summed E-state index contributed by atoms with van der Waals surface area (Å²) in [6.45, 7) is 3.35. The van der Waals surface area contributed by atoms with E-state index in [1.165, 1.54) is 5.56 Å². The fraction of sp³-hybridized carbons (Fsp3) is 0.333. The molecule has 1 aromatic heterocycles. The van der Waals surface area contributed by atoms with Crippen LogP contribution in [0.2, 0.25) is 0 Å². The number of benzene rings is 1. The van der Waals surface area contributed by atoms with Crippen molar-refractivity contribution >= 4 is 17.6 Å². The lowest BCUT2D eigenvalue weighted by molar-refractivity contribution is 0.295. The molecule has 1 aromatic carbocycles. The third kappa shape index (κ3) is 2.88. The average Bonchev–Trinajstić information content (AvgIpc) is 2.95. The largest absolute Gasteiger partial charge is 0.486 e. The molecule has 0 saturated carbocycles. The first-order valence-electron chi connectivity index (χ1n) is 6.75. The molecule has 3 rings (SSSR count). The van der Waals surface area contributed by atoms with Crippen LogP contribution in [-0.4, -0.2) is 16.5 Å². The normalized spacial score (nSPS) is 13.1. The van der Waals surface area contributed by atoms with E-state index >= 15 is 0 Å². The number of aromatic nitrogens is 2. The van der Waals surface area contributed by atoms with Gasteiger partial charge in [0.15, 0.2) is 5.82 Å². The van der Waals surface area contributed by atoms with Crippen molar-refractivity contribution in [1.29, 1.82) is 0 Å². The van der Waals surface area contributed by atoms with Gasteiger partial charge in [-0.1, -0.05) is 18.2 Å². The number of para-hydroxylation sites is 1. The minimum absolute atomic E-state index is 0.403. The van der Waals surface area contributed by atoms with E-state index in [-0.39, 0.29) is 0 Å². The van der Waals surface area contributed by atoms with Gasteiger partial charge in [-0.25, -0.2) is 9.97 Å². The Morgan fingerprint density at radius 1 is 1.20 bits per heavy atom. The van der Waals surface area contributed by atoms with Crippen molar-refractivity contribution in [3.05, 3.63) is 47.4 Å². The molecule has 0 unspecified atom stereocenters. The molecular weight excluding hydrogens is 270 g/mol. The molecule has 5 heteroatoms. The lowest BCUT2D eigenvalue weighted by Gasteiger charge is -2.11. The van der Waals surface area contributed by atoms with Gasteiger partial charge in [-0.2, -0.15) is 11.8 Å². The first kappa shape index (κ1) is 13.2. The molecule has 4 nitrogen and oxygen atoms in total. The van der Waals surface area contributed by atoms with Crippen LogP contribution in [0.1, 0.15) is 24.0 Å². The summed E-state index contributed by atoms with van der Waals surface area (Å²) in [4.78, 5) is 9.20. The number of thioether (sulfide) groups is 1. The standard InChI is InChI=1S/C15H17N3OS/c1-2-16-15-12-9-20-10-13(12)17-14(18-15)8-19-11-6-4-3-5-7-11/h3-7H,2,8-10H2,1H3,(H,16,17,18). The van der Waals surface area contributed by atoms with Crippen LogP contribution in [0.3, 0.4) is 0 Å². The van der Waals surface area contributed by atoms with Crippen molar-refractivity contribution in [2.45, 2.75) is 25.0 Å². The van der Waals surface area contributed by atoms with E-state index in [1.807, 2.05) is 42.1 Å². The highest BCUT2D eigenvalue weighted by atomic mass is 32.2. The van der Waals surface area contributed by atoms with E-state index < -0.39 is 0 Å². The van der Waals surface area contributed by atoms with Crippen molar-refractivity contribution in [1.82, 2.24) is 9.97 Å². The van der Waals surface area contributed by atoms with Crippen molar-refractivity contribution in [3.63, 3.8) is 0 Å². The molecule has 104 valence electrons. The van der Waals surface area contributed by atoms with Gasteiger partial charge in [0.25, 0.3) is 0 Å². The molecule has 0 atom stereocenters. The summed E-state index contributed by atoms with van der Waals surface area (Å²) < 4.78 is 5.73. The minimum Gasteiger partial charge on any atom is -0.486 e. The van der Waals surface area contributed by atoms with E-state index in [2.05, 4.69) is 22.2 Å². The van der Waals surface area contributed by atoms with Crippen LogP contribution >= 0.6 is 11.8 Å². The van der Waals surface area contributed by atoms with Crippen LogP contribution in [0, 0.1) is 0 Å². The van der Waals surface area contributed by atoms with Crippen LogP contribution in [0.5, 0.6) is 5.75 Å². The monoisotopic (exact) mass is 287 g/mol. The summed E-state index contributed by atoms with van der Waals surface area (Å²) in [5.74, 6) is 4.52. The summed E-state index contributed by atoms with van der Waals surface area (Å²) in [6.07, 6.45) is 0. The number of hydrogen-bond acceptors (Lipinski definition) is 5. The number of rotatable bonds is 5. The smallest absolute Gasteiger partial charge is 0.168 e. The van der Waals surface area contributed by atoms with Crippen molar-refractivity contribution in [3.8, 4) is 5.75 Å². The Morgan fingerprint density at radius 3 is 2.85 bits per heavy atom. The lowest BCUT2D eigenvalue weighted by atomic mass is 10.2. The molecule has 1 aliphatic rings. The van der Waals surface area contributed by atoms with Crippen LogP contribution < -0.4 is 10.1 Å². The van der Waals surface area contributed by atoms with Crippen LogP contribution in [0.4, 0.5) is 5.82 Å². The quantitative estimate of drug-likeness (QED) is 0.915. The SMILES string of the molecule is CCNc1nc(COc2ccccc2)nc2c1CSC2. The van der Waals surface area contributed by atoms with E-state index in [9.17, 15) is 0 Å². The predicted octanol–water partition coefficient (Wildman–Crippen LogP) is 3.23. The maximum atomic E-state index is 5.73. The zero-order valence-electron chi connectivity index (χ0n) is 11.4. The zero-order chi connectivity index (χ0) is 13.8. The molecule has 0 spiro atoms. The molecule has 20 heavy (non-hydrogen) atoms. The van der Waals surface area contributed by atoms with Crippen molar-refractivity contribution in [2.24, 2.45) is 0 Å². The molecule has 1 aliphatic heterocycles. The molecule has 0 amide bonds. The summed E-state index contributed by atoms with van der Waals surface area (Å²) >= 11 is 1.88. The predicted molar refractivity (Wildman–Crippen MR) is 82.0 cm³/mol. The van der Waals surface area contributed by atoms with Gasteiger partial charge in [-0.15, -0.1) is 0 Å². The molecule has 0 bridgehead atoms. The van der Waals surface area contributed by atoms with Gasteiger partial charge in [-0.3, -0.25) is 0 Å². The van der Waals surface area contributed by atoms with Gasteiger partial charge in [0.1, 0.15) is 18.2 Å². The molecule has 2 heterocycles. The summed E-state index contributed by atoms with van der Waals surface area (Å²) in [5.41, 5.74) is 2.40. The van der Waals surface area contributed by atoms with Gasteiger partial charge in [0, 0.05) is 23.6 Å². The fourth-order valence-electron chi connectivity index (χ4n) is 2.15. The van der Waals surface area contributed by atoms with Crippen molar-refractivity contribution < 1.29 is 4.74 Å². The van der Waals surface area contributed by atoms with E-state index in [0.29, 0.717) is 6.61 Å². The average molecular weight is 287 g/mol. The Kier molecular flexibility index (Phi) is 4.06. The number of hydrogen-bond donors (Lipinski definition) is 1. The van der Waals surface area contributed by atoms with Gasteiger partial charge in [0.2, 0.25) is 0 Å². The number of fused-ring (bicyclic) bond motifs is 1. The molecular formula is C15H17N3OS. The minimum atomic E-state index is 0.403. The van der Waals surface area contributed by atoms with Gasteiger partial charge in [-0.05, 0) is 19.1 Å². The fourth-order valence-corrected chi connectivity index (χ4v) is 3.19. The molecule has 0 fully saturated rings. The Bertz CT molecular complexity index is 589. The third-order valence-electron chi connectivity index (χ3n) is 3.08. The van der Waals surface area contributed by atoms with Crippen LogP contribution in [0.15, 0.2) is 30.3 Å². The molecule has 0 aliphatic carbocycles. The first-order valence-corrected chi connectivity index (χ1v) is 7.90. The van der Waals surface area contributed by atoms with E-state index in [1.54, 1.807) is 0 Å². The van der Waals surface area contributed by atoms with Crippen LogP contribution in [0.25, 0.3) is 0 Å². The second-order valence-electron chi connectivity index (χ2n) is 4.54. The molecule has 2 aromatic rings. The zero-order valence-corrected chi connectivity index (χ0v) is 12.2. The number of nitrogens with one attached hydrogen (secondary N) is 1. The maximum Gasteiger partial charge on any atom is 0.168 e. The second kappa shape index (κ2) is 6.13. The maximum absolute atomic E-state index is 5.73. The lowest BCUT2D eigenvalue weighted by Crippen LogP contribution is -2.10. The molecule has 1 N–H and O–H groups in total. The van der Waals surface area contributed by atoms with Crippen LogP contribution in [-0.2, 0) is 18.1 Å². The first-order chi connectivity index (χ1) is 9.86.